The third-order valence-electron chi connectivity index (χ3n) is 2.04. The number of hydrogen-bond acceptors (Lipinski definition) is 3. The number of nitro groups is 1. The highest BCUT2D eigenvalue weighted by Gasteiger charge is 2.36. The third-order valence-corrected chi connectivity index (χ3v) is 2.04. The molecule has 0 heterocycles. The molecule has 21 heavy (non-hydrogen) atoms. The molecule has 1 aromatic carbocycles. The Hall–Kier alpha value is -2.92. The summed E-state index contributed by atoms with van der Waals surface area (Å²) in [6.07, 6.45) is -5.06. The van der Waals surface area contributed by atoms with E-state index < -0.39 is 45.8 Å². The van der Waals surface area contributed by atoms with E-state index >= 15 is 0 Å². The van der Waals surface area contributed by atoms with Crippen LogP contribution in [0.4, 0.5) is 28.9 Å². The number of nitro benzene ring substituents is 1. The van der Waals surface area contributed by atoms with Crippen molar-refractivity contribution in [3.8, 4) is 0 Å². The molecule has 0 aliphatic rings. The highest BCUT2D eigenvalue weighted by Crippen LogP contribution is 2.38. The number of nitrogens with zero attached hydrogens (tertiary/aromatic N) is 3. The average molecular weight is 308 g/mol. The topological polar surface area (TPSA) is 146 Å². The average Bonchev–Trinajstić information content (AvgIpc) is 2.27. The van der Waals surface area contributed by atoms with E-state index in [1.807, 2.05) is 0 Å². The van der Waals surface area contributed by atoms with E-state index in [2.05, 4.69) is 9.98 Å². The summed E-state index contributed by atoms with van der Waals surface area (Å²) in [5.41, 5.74) is 11.5. The van der Waals surface area contributed by atoms with Gasteiger partial charge in [-0.25, -0.2) is 9.38 Å². The SMILES string of the molecule is NC(N)=NC(N)=Nc1cc(C(F)(F)F)c(F)cc1[N+](=O)[O-]. The van der Waals surface area contributed by atoms with Crippen molar-refractivity contribution in [3.05, 3.63) is 33.6 Å². The molecule has 0 spiro atoms. The van der Waals surface area contributed by atoms with E-state index in [0.717, 1.165) is 0 Å². The summed E-state index contributed by atoms with van der Waals surface area (Å²) in [6, 6.07) is 0.229. The number of aliphatic imine (C=N–C) groups is 2. The number of halogens is 4. The first-order valence-corrected chi connectivity index (χ1v) is 5.01. The van der Waals surface area contributed by atoms with Gasteiger partial charge in [0, 0.05) is 0 Å². The Morgan fingerprint density at radius 3 is 2.24 bits per heavy atom. The zero-order valence-electron chi connectivity index (χ0n) is 10.1. The molecule has 6 N–H and O–H groups in total. The van der Waals surface area contributed by atoms with Crippen LogP contribution in [0.1, 0.15) is 5.56 Å². The predicted octanol–water partition coefficient (Wildman–Crippen LogP) is 0.972. The molecule has 0 aromatic heterocycles. The van der Waals surface area contributed by atoms with Crippen LogP contribution in [-0.4, -0.2) is 16.8 Å². The summed E-state index contributed by atoms with van der Waals surface area (Å²) >= 11 is 0. The molecule has 0 saturated carbocycles. The van der Waals surface area contributed by atoms with Gasteiger partial charge in [0.2, 0.25) is 5.96 Å². The van der Waals surface area contributed by atoms with E-state index in [1.54, 1.807) is 0 Å². The van der Waals surface area contributed by atoms with Gasteiger partial charge in [0.15, 0.2) is 5.96 Å². The van der Waals surface area contributed by atoms with Crippen LogP contribution in [0, 0.1) is 15.9 Å². The van der Waals surface area contributed by atoms with Gasteiger partial charge in [-0.1, -0.05) is 0 Å². The number of benzene rings is 1. The zero-order valence-corrected chi connectivity index (χ0v) is 10.1. The number of alkyl halides is 3. The lowest BCUT2D eigenvalue weighted by Crippen LogP contribution is -2.26. The maximum atomic E-state index is 13.3. The minimum atomic E-state index is -5.06. The minimum absolute atomic E-state index is 0.0878. The Morgan fingerprint density at radius 1 is 1.24 bits per heavy atom. The molecule has 1 rings (SSSR count). The van der Waals surface area contributed by atoms with Gasteiger partial charge in [0.25, 0.3) is 5.69 Å². The largest absolute Gasteiger partial charge is 0.419 e. The van der Waals surface area contributed by atoms with Crippen LogP contribution in [0.2, 0.25) is 0 Å². The molecule has 0 aliphatic carbocycles. The molecular formula is C9H8F4N6O2. The highest BCUT2D eigenvalue weighted by atomic mass is 19.4. The summed E-state index contributed by atoms with van der Waals surface area (Å²) in [5, 5.41) is 10.7. The van der Waals surface area contributed by atoms with Gasteiger partial charge in [0.05, 0.1) is 16.6 Å². The molecule has 0 bridgehead atoms. The number of nitrogens with two attached hydrogens (primary N) is 3. The minimum Gasteiger partial charge on any atom is -0.370 e. The summed E-state index contributed by atoms with van der Waals surface area (Å²) in [6.45, 7) is 0. The molecule has 12 heteroatoms. The summed E-state index contributed by atoms with van der Waals surface area (Å²) in [7, 11) is 0. The maximum absolute atomic E-state index is 13.3. The first-order valence-electron chi connectivity index (χ1n) is 5.01. The van der Waals surface area contributed by atoms with Crippen molar-refractivity contribution in [3.63, 3.8) is 0 Å². The Balaban J connectivity index is 3.55. The molecule has 0 saturated heterocycles. The number of rotatable bonds is 2. The van der Waals surface area contributed by atoms with Crippen LogP contribution in [0.3, 0.4) is 0 Å². The first-order chi connectivity index (χ1) is 9.52. The van der Waals surface area contributed by atoms with E-state index in [1.165, 1.54) is 0 Å². The highest BCUT2D eigenvalue weighted by molar-refractivity contribution is 5.94. The Morgan fingerprint density at radius 2 is 1.81 bits per heavy atom. The van der Waals surface area contributed by atoms with Gasteiger partial charge in [-0.15, -0.1) is 0 Å². The smallest absolute Gasteiger partial charge is 0.370 e. The van der Waals surface area contributed by atoms with Crippen molar-refractivity contribution in [2.75, 3.05) is 0 Å². The van der Waals surface area contributed by atoms with Crippen molar-refractivity contribution >= 4 is 23.3 Å². The lowest BCUT2D eigenvalue weighted by Gasteiger charge is -2.09. The van der Waals surface area contributed by atoms with Crippen molar-refractivity contribution in [2.45, 2.75) is 6.18 Å². The predicted molar refractivity (Wildman–Crippen MR) is 65.1 cm³/mol. The quantitative estimate of drug-likeness (QED) is 0.245. The zero-order chi connectivity index (χ0) is 16.4. The van der Waals surface area contributed by atoms with Gasteiger partial charge in [0.1, 0.15) is 11.5 Å². The molecule has 0 unspecified atom stereocenters. The maximum Gasteiger partial charge on any atom is 0.419 e. The number of hydrogen-bond donors (Lipinski definition) is 3. The lowest BCUT2D eigenvalue weighted by atomic mass is 10.1. The lowest BCUT2D eigenvalue weighted by molar-refractivity contribution is -0.384. The second kappa shape index (κ2) is 5.60. The van der Waals surface area contributed by atoms with E-state index in [9.17, 15) is 27.7 Å². The van der Waals surface area contributed by atoms with Crippen molar-refractivity contribution in [2.24, 2.45) is 27.2 Å². The van der Waals surface area contributed by atoms with Crippen molar-refractivity contribution < 1.29 is 22.5 Å². The van der Waals surface area contributed by atoms with Gasteiger partial charge in [-0.05, 0) is 6.07 Å². The van der Waals surface area contributed by atoms with Crippen LogP contribution in [0.15, 0.2) is 22.1 Å². The fourth-order valence-corrected chi connectivity index (χ4v) is 1.29. The summed E-state index contributed by atoms with van der Waals surface area (Å²) in [5.74, 6) is -3.09. The summed E-state index contributed by atoms with van der Waals surface area (Å²) < 4.78 is 50.9. The Kier molecular flexibility index (Phi) is 4.30. The van der Waals surface area contributed by atoms with E-state index in [4.69, 9.17) is 17.2 Å². The fourth-order valence-electron chi connectivity index (χ4n) is 1.29. The van der Waals surface area contributed by atoms with E-state index in [-0.39, 0.29) is 12.1 Å². The van der Waals surface area contributed by atoms with Crippen LogP contribution < -0.4 is 17.2 Å². The van der Waals surface area contributed by atoms with Gasteiger partial charge in [-0.3, -0.25) is 10.1 Å². The Labute approximate surface area is 114 Å². The molecule has 0 radical (unpaired) electrons. The van der Waals surface area contributed by atoms with E-state index in [0.29, 0.717) is 0 Å². The van der Waals surface area contributed by atoms with Crippen molar-refractivity contribution in [1.29, 1.82) is 0 Å². The van der Waals surface area contributed by atoms with Gasteiger partial charge in [-0.2, -0.15) is 18.2 Å². The fraction of sp³-hybridized carbons (Fsp3) is 0.111. The first kappa shape index (κ1) is 16.1. The van der Waals surface area contributed by atoms with Crippen LogP contribution in [-0.2, 0) is 6.18 Å². The normalized spacial score (nSPS) is 12.1. The van der Waals surface area contributed by atoms with Gasteiger partial charge >= 0.3 is 6.18 Å². The molecule has 114 valence electrons. The van der Waals surface area contributed by atoms with Crippen LogP contribution in [0.25, 0.3) is 0 Å². The molecule has 8 nitrogen and oxygen atoms in total. The number of guanidine groups is 2. The molecule has 0 aliphatic heterocycles. The monoisotopic (exact) mass is 308 g/mol. The third kappa shape index (κ3) is 4.02. The molecule has 1 aromatic rings. The van der Waals surface area contributed by atoms with Crippen LogP contribution >= 0.6 is 0 Å². The summed E-state index contributed by atoms with van der Waals surface area (Å²) in [4.78, 5) is 16.0. The molecular weight excluding hydrogens is 300 g/mol. The second-order valence-electron chi connectivity index (χ2n) is 3.58. The standard InChI is InChI=1S/C9H8F4N6O2/c10-4-2-6(19(20)21)5(1-3(4)9(11,12)13)17-8(16)18-7(14)15/h1-2H,(H6,14,15,16,17,18). The van der Waals surface area contributed by atoms with Crippen molar-refractivity contribution in [1.82, 2.24) is 0 Å². The molecule has 0 atom stereocenters. The van der Waals surface area contributed by atoms with Gasteiger partial charge < -0.3 is 17.2 Å². The Bertz CT molecular complexity index is 636. The van der Waals surface area contributed by atoms with Crippen LogP contribution in [0.5, 0.6) is 0 Å². The second-order valence-corrected chi connectivity index (χ2v) is 3.58. The molecule has 0 amide bonds. The molecule has 0 fully saturated rings.